The fraction of sp³-hybridized carbons (Fsp3) is 1.00. The Kier molecular flexibility index (Phi) is 3.99. The predicted molar refractivity (Wildman–Crippen MR) is 68.0 cm³/mol. The third-order valence-electron chi connectivity index (χ3n) is 2.46. The average Bonchev–Trinajstić information content (AvgIpc) is 2.06. The minimum Gasteiger partial charge on any atom is -0.259 e. The molecule has 4 nitrogen and oxygen atoms in total. The van der Waals surface area contributed by atoms with Gasteiger partial charge in [-0.3, -0.25) is 14.5 Å². The van der Waals surface area contributed by atoms with Crippen LogP contribution in [0.5, 0.6) is 0 Å². The second-order valence-corrected chi connectivity index (χ2v) is 8.47. The molecule has 0 amide bonds. The molecular weight excluding hydrogens is 207 g/mol. The topological polar surface area (TPSA) is 30.9 Å². The van der Waals surface area contributed by atoms with E-state index in [1.807, 2.05) is 0 Å². The lowest BCUT2D eigenvalue weighted by Crippen LogP contribution is -2.40. The van der Waals surface area contributed by atoms with E-state index in [0.717, 1.165) is 13.1 Å². The van der Waals surface area contributed by atoms with Gasteiger partial charge in [0.2, 0.25) is 0 Å². The van der Waals surface area contributed by atoms with E-state index < -0.39 is 7.51 Å². The lowest BCUT2D eigenvalue weighted by Gasteiger charge is -2.44. The lowest BCUT2D eigenvalue weighted by molar-refractivity contribution is 0.423. The van der Waals surface area contributed by atoms with Crippen molar-refractivity contribution in [2.75, 3.05) is 34.2 Å². The monoisotopic (exact) mass is 232 g/mol. The average molecular weight is 232 g/mol. The summed E-state index contributed by atoms with van der Waals surface area (Å²) in [4.78, 5) is 0. The van der Waals surface area contributed by atoms with Crippen LogP contribution in [-0.4, -0.2) is 49.1 Å². The smallest absolute Gasteiger partial charge is 0.164 e. The van der Waals surface area contributed by atoms with Crippen LogP contribution in [0.1, 0.15) is 27.2 Å². The highest BCUT2D eigenvalue weighted by Gasteiger charge is 2.32. The molecule has 90 valence electrons. The Morgan fingerprint density at radius 1 is 1.33 bits per heavy atom. The molecule has 0 saturated carbocycles. The normalized spacial score (nSPS) is 29.5. The van der Waals surface area contributed by atoms with Crippen molar-refractivity contribution in [3.8, 4) is 0 Å². The van der Waals surface area contributed by atoms with Crippen molar-refractivity contribution in [3.05, 3.63) is 0 Å². The van der Waals surface area contributed by atoms with Gasteiger partial charge in [0.1, 0.15) is 0 Å². The maximum atomic E-state index is 5.03. The van der Waals surface area contributed by atoms with E-state index >= 15 is 0 Å². The quantitative estimate of drug-likeness (QED) is 0.703. The lowest BCUT2D eigenvalue weighted by atomic mass is 10.1. The fourth-order valence-electron chi connectivity index (χ4n) is 1.86. The largest absolute Gasteiger partial charge is 0.259 e. The molecule has 5 heteroatoms. The van der Waals surface area contributed by atoms with Crippen LogP contribution in [0.4, 0.5) is 0 Å². The zero-order chi connectivity index (χ0) is 11.7. The van der Waals surface area contributed by atoms with E-state index in [4.69, 9.17) is 4.74 Å². The first-order valence-electron chi connectivity index (χ1n) is 5.56. The zero-order valence-corrected chi connectivity index (χ0v) is 11.8. The van der Waals surface area contributed by atoms with Crippen molar-refractivity contribution in [1.29, 1.82) is 0 Å². The molecule has 1 aliphatic rings. The van der Waals surface area contributed by atoms with Crippen LogP contribution >= 0.6 is 7.51 Å². The molecule has 0 radical (unpaired) electrons. The van der Waals surface area contributed by atoms with Crippen molar-refractivity contribution in [2.45, 2.75) is 32.7 Å². The van der Waals surface area contributed by atoms with Gasteiger partial charge in [-0.1, -0.05) is 0 Å². The third-order valence-corrected chi connectivity index (χ3v) is 6.25. The van der Waals surface area contributed by atoms with E-state index in [0.29, 0.717) is 0 Å². The summed E-state index contributed by atoms with van der Waals surface area (Å²) in [6.45, 7) is 8.72. The number of rotatable bonds is 1. The Morgan fingerprint density at radius 2 is 1.93 bits per heavy atom. The number of hydrogen-bond donors (Lipinski definition) is 1. The second kappa shape index (κ2) is 4.54. The van der Waals surface area contributed by atoms with Crippen molar-refractivity contribution >= 4 is 7.51 Å². The number of nitrogens with zero attached hydrogens (tertiary/aromatic N) is 3. The Labute approximate surface area is 94.2 Å². The summed E-state index contributed by atoms with van der Waals surface area (Å²) in [5.74, 6) is 0. The Morgan fingerprint density at radius 3 is 2.33 bits per heavy atom. The second-order valence-electron chi connectivity index (χ2n) is 5.33. The van der Waals surface area contributed by atoms with Crippen LogP contribution in [0.25, 0.3) is 0 Å². The molecule has 0 aliphatic carbocycles. The van der Waals surface area contributed by atoms with E-state index in [1.165, 1.54) is 6.42 Å². The van der Waals surface area contributed by atoms with Crippen molar-refractivity contribution in [3.63, 3.8) is 0 Å². The highest BCUT2D eigenvalue weighted by molar-refractivity contribution is 7.59. The van der Waals surface area contributed by atoms with Gasteiger partial charge in [-0.25, -0.2) is 4.67 Å². The van der Waals surface area contributed by atoms with E-state index in [1.54, 1.807) is 0 Å². The third kappa shape index (κ3) is 3.04. The van der Waals surface area contributed by atoms with Gasteiger partial charge in [-0.15, -0.1) is 0 Å². The van der Waals surface area contributed by atoms with Gasteiger partial charge < -0.3 is 0 Å². The molecule has 1 atom stereocenters. The SMILES string of the molecule is CN(C)P1(=NC(C)(C)C)NCCCN1C. The van der Waals surface area contributed by atoms with E-state index in [-0.39, 0.29) is 5.54 Å². The molecule has 1 N–H and O–H groups in total. The molecule has 1 rings (SSSR count). The van der Waals surface area contributed by atoms with Gasteiger partial charge >= 0.3 is 0 Å². The van der Waals surface area contributed by atoms with Gasteiger partial charge in [0.15, 0.2) is 7.51 Å². The van der Waals surface area contributed by atoms with Crippen molar-refractivity contribution in [1.82, 2.24) is 14.4 Å². The fourth-order valence-corrected chi connectivity index (χ4v) is 5.12. The molecule has 1 fully saturated rings. The van der Waals surface area contributed by atoms with Gasteiger partial charge in [0, 0.05) is 13.1 Å². The summed E-state index contributed by atoms with van der Waals surface area (Å²) >= 11 is 0. The Bertz CT molecular complexity index is 267. The molecule has 15 heavy (non-hydrogen) atoms. The minimum atomic E-state index is -1.63. The molecule has 0 aromatic heterocycles. The Hall–Kier alpha value is 0.110. The van der Waals surface area contributed by atoms with Gasteiger partial charge in [-0.05, 0) is 48.3 Å². The van der Waals surface area contributed by atoms with Gasteiger partial charge in [-0.2, -0.15) is 0 Å². The van der Waals surface area contributed by atoms with E-state index in [9.17, 15) is 0 Å². The summed E-state index contributed by atoms with van der Waals surface area (Å²) < 4.78 is 9.68. The van der Waals surface area contributed by atoms with E-state index in [2.05, 4.69) is 56.3 Å². The van der Waals surface area contributed by atoms with Crippen LogP contribution in [-0.2, 0) is 0 Å². The van der Waals surface area contributed by atoms with Crippen LogP contribution in [0, 0.1) is 0 Å². The first kappa shape index (κ1) is 13.2. The predicted octanol–water partition coefficient (Wildman–Crippen LogP) is 2.22. The molecule has 0 spiro atoms. The molecule has 1 heterocycles. The van der Waals surface area contributed by atoms with Gasteiger partial charge in [0.25, 0.3) is 0 Å². The highest BCUT2D eigenvalue weighted by Crippen LogP contribution is 2.53. The van der Waals surface area contributed by atoms with Crippen LogP contribution in [0.3, 0.4) is 0 Å². The standard InChI is InChI=1S/C10H25N4P/c1-10(2,3)12-15(13(4)5)11-8-7-9-14(15)6/h11H,7-9H2,1-6H3. The maximum absolute atomic E-state index is 5.03. The summed E-state index contributed by atoms with van der Waals surface area (Å²) in [7, 11) is 4.79. The van der Waals surface area contributed by atoms with Crippen LogP contribution < -0.4 is 5.09 Å². The molecule has 1 saturated heterocycles. The summed E-state index contributed by atoms with van der Waals surface area (Å²) in [5, 5.41) is 3.63. The summed E-state index contributed by atoms with van der Waals surface area (Å²) in [5.41, 5.74) is 0.0106. The molecule has 0 aromatic carbocycles. The van der Waals surface area contributed by atoms with Crippen molar-refractivity contribution in [2.24, 2.45) is 4.74 Å². The minimum absolute atomic E-state index is 0.0106. The first-order valence-corrected chi connectivity index (χ1v) is 7.21. The molecular formula is C10H25N4P. The zero-order valence-electron chi connectivity index (χ0n) is 10.9. The van der Waals surface area contributed by atoms with Crippen molar-refractivity contribution < 1.29 is 0 Å². The summed E-state index contributed by atoms with van der Waals surface area (Å²) in [6, 6.07) is 0. The molecule has 0 bridgehead atoms. The van der Waals surface area contributed by atoms with Crippen LogP contribution in [0.2, 0.25) is 0 Å². The number of nitrogens with one attached hydrogen (secondary N) is 1. The maximum Gasteiger partial charge on any atom is 0.164 e. The van der Waals surface area contributed by atoms with Crippen LogP contribution in [0.15, 0.2) is 4.74 Å². The summed E-state index contributed by atoms with van der Waals surface area (Å²) in [6.07, 6.45) is 1.21. The molecule has 1 unspecified atom stereocenters. The Balaban J connectivity index is 3.12. The molecule has 1 aliphatic heterocycles. The number of hydrogen-bond acceptors (Lipinski definition) is 1. The molecule has 0 aromatic rings. The first-order chi connectivity index (χ1) is 6.78. The highest BCUT2D eigenvalue weighted by atomic mass is 31.2. The van der Waals surface area contributed by atoms with Gasteiger partial charge in [0.05, 0.1) is 5.54 Å².